The van der Waals surface area contributed by atoms with Gasteiger partial charge in [0, 0.05) is 37.6 Å². The Morgan fingerprint density at radius 2 is 1.64 bits per heavy atom. The largest absolute Gasteiger partial charge is 0.369 e. The number of anilines is 2. The van der Waals surface area contributed by atoms with Gasteiger partial charge in [-0.3, -0.25) is 19.3 Å². The first-order chi connectivity index (χ1) is 15.8. The molecule has 178 valence electrons. The number of rotatable bonds is 6. The zero-order valence-corrected chi connectivity index (χ0v) is 20.2. The van der Waals surface area contributed by atoms with Crippen molar-refractivity contribution in [2.24, 2.45) is 17.8 Å². The van der Waals surface area contributed by atoms with Gasteiger partial charge in [-0.25, -0.2) is 0 Å². The number of piperazine rings is 1. The van der Waals surface area contributed by atoms with E-state index in [9.17, 15) is 14.4 Å². The van der Waals surface area contributed by atoms with Crippen molar-refractivity contribution in [3.05, 3.63) is 35.9 Å². The first kappa shape index (κ1) is 23.5. The lowest BCUT2D eigenvalue weighted by Gasteiger charge is -2.35. The number of hydrogen-bond donors (Lipinski definition) is 1. The summed E-state index contributed by atoms with van der Waals surface area (Å²) < 4.78 is 0. The number of benzene rings is 1. The van der Waals surface area contributed by atoms with Crippen molar-refractivity contribution in [3.8, 4) is 0 Å². The van der Waals surface area contributed by atoms with Gasteiger partial charge in [-0.2, -0.15) is 0 Å². The van der Waals surface area contributed by atoms with E-state index in [1.54, 1.807) is 0 Å². The van der Waals surface area contributed by atoms with E-state index >= 15 is 0 Å². The van der Waals surface area contributed by atoms with Gasteiger partial charge < -0.3 is 15.1 Å². The van der Waals surface area contributed by atoms with Crippen molar-refractivity contribution in [2.75, 3.05) is 43.4 Å². The zero-order valence-electron chi connectivity index (χ0n) is 20.2. The number of nitrogens with one attached hydrogen (secondary N) is 1. The lowest BCUT2D eigenvalue weighted by atomic mass is 9.85. The van der Waals surface area contributed by atoms with E-state index in [4.69, 9.17) is 0 Å². The smallest absolute Gasteiger partial charge is 0.247 e. The summed E-state index contributed by atoms with van der Waals surface area (Å²) in [5.41, 5.74) is 2.98. The summed E-state index contributed by atoms with van der Waals surface area (Å²) >= 11 is 0. The van der Waals surface area contributed by atoms with Gasteiger partial charge in [0.25, 0.3) is 0 Å². The zero-order chi connectivity index (χ0) is 23.7. The van der Waals surface area contributed by atoms with Crippen LogP contribution in [0, 0.1) is 24.7 Å². The maximum atomic E-state index is 13.4. The molecule has 1 N–H and O–H groups in total. The fraction of sp³-hybridized carbons (Fsp3) is 0.577. The van der Waals surface area contributed by atoms with Crippen molar-refractivity contribution < 1.29 is 14.4 Å². The minimum Gasteiger partial charge on any atom is -0.369 e. The molecule has 1 aromatic carbocycles. The van der Waals surface area contributed by atoms with Gasteiger partial charge in [0.05, 0.1) is 11.8 Å². The highest BCUT2D eigenvalue weighted by molar-refractivity contribution is 6.10. The number of nitrogens with zero attached hydrogens (tertiary/aromatic N) is 3. The Kier molecular flexibility index (Phi) is 6.88. The molecule has 1 aliphatic carbocycles. The van der Waals surface area contributed by atoms with Crippen LogP contribution in [0.3, 0.4) is 0 Å². The third-order valence-corrected chi connectivity index (χ3v) is 7.16. The number of imide groups is 1. The van der Waals surface area contributed by atoms with Crippen LogP contribution in [-0.4, -0.2) is 66.8 Å². The Hall–Kier alpha value is -2.67. The minimum absolute atomic E-state index is 0.170. The number of allylic oxidation sites excluding steroid dienone is 2. The van der Waals surface area contributed by atoms with Crippen LogP contribution in [0.15, 0.2) is 30.4 Å². The molecule has 0 spiro atoms. The van der Waals surface area contributed by atoms with Crippen molar-refractivity contribution in [2.45, 2.75) is 46.1 Å². The fourth-order valence-electron chi connectivity index (χ4n) is 5.27. The molecule has 2 saturated heterocycles. The van der Waals surface area contributed by atoms with Crippen LogP contribution in [0.25, 0.3) is 0 Å². The van der Waals surface area contributed by atoms with Crippen LogP contribution >= 0.6 is 0 Å². The van der Waals surface area contributed by atoms with E-state index < -0.39 is 6.04 Å². The van der Waals surface area contributed by atoms with Crippen LogP contribution in [0.1, 0.15) is 38.7 Å². The van der Waals surface area contributed by atoms with Crippen LogP contribution in [-0.2, 0) is 14.4 Å². The third-order valence-electron chi connectivity index (χ3n) is 7.16. The molecule has 0 radical (unpaired) electrons. The lowest BCUT2D eigenvalue weighted by molar-refractivity contribution is -0.147. The number of hydrogen-bond acceptors (Lipinski definition) is 5. The van der Waals surface area contributed by atoms with Gasteiger partial charge in [0.2, 0.25) is 17.7 Å². The quantitative estimate of drug-likeness (QED) is 0.531. The lowest BCUT2D eigenvalue weighted by Crippen LogP contribution is -2.48. The van der Waals surface area contributed by atoms with Crippen molar-refractivity contribution in [1.82, 2.24) is 9.80 Å². The summed E-state index contributed by atoms with van der Waals surface area (Å²) in [5.74, 6) is -1.16. The second-order valence-corrected chi connectivity index (χ2v) is 10.1. The normalized spacial score (nSPS) is 24.4. The molecule has 3 unspecified atom stereocenters. The molecular formula is C26H36N4O3. The average Bonchev–Trinajstić information content (AvgIpc) is 3.03. The molecule has 0 aromatic heterocycles. The van der Waals surface area contributed by atoms with E-state index in [1.165, 1.54) is 10.6 Å². The van der Waals surface area contributed by atoms with Gasteiger partial charge in [0.1, 0.15) is 6.04 Å². The molecule has 1 aromatic rings. The highest BCUT2D eigenvalue weighted by Gasteiger charge is 2.51. The predicted molar refractivity (Wildman–Crippen MR) is 130 cm³/mol. The number of carbonyl (C=O) groups excluding carboxylic acids is 3. The third kappa shape index (κ3) is 4.83. The number of likely N-dealkylation sites (N-methyl/N-ethyl adjacent to an activating group) is 1. The van der Waals surface area contributed by atoms with Gasteiger partial charge in [-0.1, -0.05) is 26.0 Å². The van der Waals surface area contributed by atoms with Crippen LogP contribution in [0.2, 0.25) is 0 Å². The first-order valence-corrected chi connectivity index (χ1v) is 12.1. The molecule has 7 heteroatoms. The topological polar surface area (TPSA) is 73.0 Å². The van der Waals surface area contributed by atoms with Gasteiger partial charge >= 0.3 is 0 Å². The molecule has 7 nitrogen and oxygen atoms in total. The predicted octanol–water partition coefficient (Wildman–Crippen LogP) is 3.05. The highest BCUT2D eigenvalue weighted by atomic mass is 16.2. The Labute approximate surface area is 196 Å². The Morgan fingerprint density at radius 3 is 2.18 bits per heavy atom. The summed E-state index contributed by atoms with van der Waals surface area (Å²) in [6.07, 6.45) is 5.55. The van der Waals surface area contributed by atoms with Crippen molar-refractivity contribution in [3.63, 3.8) is 0 Å². The fourth-order valence-corrected chi connectivity index (χ4v) is 5.27. The van der Waals surface area contributed by atoms with E-state index in [-0.39, 0.29) is 35.5 Å². The summed E-state index contributed by atoms with van der Waals surface area (Å²) in [4.78, 5) is 45.6. The summed E-state index contributed by atoms with van der Waals surface area (Å²) in [6, 6.07) is 5.17. The molecular weight excluding hydrogens is 416 g/mol. The van der Waals surface area contributed by atoms with E-state index in [2.05, 4.69) is 35.2 Å². The molecule has 3 aliphatic rings. The number of fused-ring (bicyclic) bond motifs is 1. The standard InChI is InChI=1S/C26H36N4O3/c1-17(2)15-23(30-25(32)20-7-5-6-8-21(20)26(30)33)24(31)27-19-9-10-22(18(3)16-19)29-13-11-28(4)12-14-29/h5-6,9-10,16-17,20-21,23H,7-8,11-15H2,1-4H3,(H,27,31). The van der Waals surface area contributed by atoms with E-state index in [1.807, 2.05) is 38.1 Å². The molecule has 2 fully saturated rings. The number of aryl methyl sites for hydroxylation is 1. The molecule has 33 heavy (non-hydrogen) atoms. The van der Waals surface area contributed by atoms with Gasteiger partial charge in [-0.15, -0.1) is 0 Å². The van der Waals surface area contributed by atoms with Crippen molar-refractivity contribution in [1.29, 1.82) is 0 Å². The molecule has 0 saturated carbocycles. The van der Waals surface area contributed by atoms with Gasteiger partial charge in [0.15, 0.2) is 0 Å². The maximum absolute atomic E-state index is 13.4. The first-order valence-electron chi connectivity index (χ1n) is 12.1. The Bertz CT molecular complexity index is 923. The number of carbonyl (C=O) groups is 3. The summed E-state index contributed by atoms with van der Waals surface area (Å²) in [7, 11) is 2.14. The molecule has 2 aliphatic heterocycles. The maximum Gasteiger partial charge on any atom is 0.247 e. The highest BCUT2D eigenvalue weighted by Crippen LogP contribution is 2.37. The second-order valence-electron chi connectivity index (χ2n) is 10.1. The van der Waals surface area contributed by atoms with Crippen LogP contribution < -0.4 is 10.2 Å². The summed E-state index contributed by atoms with van der Waals surface area (Å²) in [5, 5.41) is 3.00. The molecule has 3 atom stereocenters. The van der Waals surface area contributed by atoms with E-state index in [0.29, 0.717) is 24.9 Å². The molecule has 0 bridgehead atoms. The van der Waals surface area contributed by atoms with Crippen molar-refractivity contribution >= 4 is 29.1 Å². The second kappa shape index (κ2) is 9.67. The minimum atomic E-state index is -0.784. The molecule has 3 amide bonds. The van der Waals surface area contributed by atoms with E-state index in [0.717, 1.165) is 31.7 Å². The number of likely N-dealkylation sites (tertiary alicyclic amines) is 1. The average molecular weight is 453 g/mol. The SMILES string of the molecule is Cc1cc(NC(=O)C(CC(C)C)N2C(=O)C3CC=CCC3C2=O)ccc1N1CCN(C)CC1. The number of amides is 3. The van der Waals surface area contributed by atoms with Crippen LogP contribution in [0.5, 0.6) is 0 Å². The van der Waals surface area contributed by atoms with Crippen LogP contribution in [0.4, 0.5) is 11.4 Å². The molecule has 4 rings (SSSR count). The Balaban J connectivity index is 1.50. The summed E-state index contributed by atoms with van der Waals surface area (Å²) in [6.45, 7) is 10.1. The van der Waals surface area contributed by atoms with Gasteiger partial charge in [-0.05, 0) is 62.9 Å². The Morgan fingerprint density at radius 1 is 1.03 bits per heavy atom. The molecule has 2 heterocycles. The monoisotopic (exact) mass is 452 g/mol.